The Bertz CT molecular complexity index is 1350. The molecule has 0 aromatic heterocycles. The Hall–Kier alpha value is -2.66. The number of piperazine rings is 1. The van der Waals surface area contributed by atoms with E-state index in [1.165, 1.54) is 30.3 Å². The molecular weight excluding hydrogens is 495 g/mol. The number of ether oxygens (including phenoxy) is 1. The summed E-state index contributed by atoms with van der Waals surface area (Å²) in [5.74, 6) is -0.671. The summed E-state index contributed by atoms with van der Waals surface area (Å²) in [5.41, 5.74) is 0.450. The fraction of sp³-hybridized carbons (Fsp3) is 0.458. The summed E-state index contributed by atoms with van der Waals surface area (Å²) in [6, 6.07) is 8.24. The molecule has 0 atom stereocenters. The highest BCUT2D eigenvalue weighted by molar-refractivity contribution is 7.92. The topological polar surface area (TPSA) is 101 Å². The lowest BCUT2D eigenvalue weighted by Gasteiger charge is -2.36. The number of carbonyl (C=O) groups excluding carboxylic acids is 1. The third-order valence-corrected chi connectivity index (χ3v) is 9.46. The maximum atomic E-state index is 14.8. The van der Waals surface area contributed by atoms with E-state index in [1.807, 2.05) is 13.8 Å². The third kappa shape index (κ3) is 5.45. The van der Waals surface area contributed by atoms with Crippen LogP contribution < -0.4 is 9.64 Å². The first-order valence-electron chi connectivity index (χ1n) is 11.5. The van der Waals surface area contributed by atoms with Crippen LogP contribution >= 0.6 is 0 Å². The summed E-state index contributed by atoms with van der Waals surface area (Å²) in [6.45, 7) is 4.86. The highest BCUT2D eigenvalue weighted by atomic mass is 32.2. The zero-order chi connectivity index (χ0) is 25.5. The first-order chi connectivity index (χ1) is 16.4. The van der Waals surface area contributed by atoms with Crippen LogP contribution in [0.1, 0.15) is 37.0 Å². The normalized spacial score (nSPS) is 17.1. The molecule has 1 saturated carbocycles. The van der Waals surface area contributed by atoms with Crippen molar-refractivity contribution in [2.45, 2.75) is 47.8 Å². The van der Waals surface area contributed by atoms with Crippen LogP contribution in [0.15, 0.2) is 46.2 Å². The number of hydrogen-bond donors (Lipinski definition) is 0. The van der Waals surface area contributed by atoms with Crippen molar-refractivity contribution in [3.8, 4) is 5.75 Å². The number of sulfone groups is 2. The van der Waals surface area contributed by atoms with Crippen LogP contribution in [0.2, 0.25) is 0 Å². The van der Waals surface area contributed by atoms with Crippen LogP contribution in [0.25, 0.3) is 0 Å². The lowest BCUT2D eigenvalue weighted by atomic mass is 10.1. The van der Waals surface area contributed by atoms with Crippen LogP contribution in [0.3, 0.4) is 0 Å². The van der Waals surface area contributed by atoms with Gasteiger partial charge in [-0.25, -0.2) is 21.2 Å². The molecule has 2 aliphatic rings. The number of hydrogen-bond acceptors (Lipinski definition) is 7. The molecule has 0 N–H and O–H groups in total. The predicted molar refractivity (Wildman–Crippen MR) is 130 cm³/mol. The van der Waals surface area contributed by atoms with E-state index in [4.69, 9.17) is 4.74 Å². The van der Waals surface area contributed by atoms with Gasteiger partial charge in [0.2, 0.25) is 0 Å². The van der Waals surface area contributed by atoms with E-state index >= 15 is 0 Å². The van der Waals surface area contributed by atoms with Crippen LogP contribution in [0, 0.1) is 5.82 Å². The highest BCUT2D eigenvalue weighted by Gasteiger charge is 2.37. The summed E-state index contributed by atoms with van der Waals surface area (Å²) in [5, 5.41) is -0.409. The second-order valence-electron chi connectivity index (χ2n) is 9.23. The standard InChI is InChI=1S/C24H29FN2O6S2/c1-16(2)33-23-9-7-18(34(3,29)30)14-20(23)24(28)27-12-10-26(11-13-27)22-8-6-19(15-21(22)25)35(31,32)17-4-5-17/h6-9,14-17H,4-5,10-13H2,1-3H3. The second-order valence-corrected chi connectivity index (χ2v) is 13.5. The molecule has 1 aliphatic carbocycles. The van der Waals surface area contributed by atoms with Gasteiger partial charge in [-0.05, 0) is 63.1 Å². The fourth-order valence-electron chi connectivity index (χ4n) is 4.08. The average molecular weight is 525 g/mol. The van der Waals surface area contributed by atoms with Gasteiger partial charge in [0, 0.05) is 32.4 Å². The van der Waals surface area contributed by atoms with Gasteiger partial charge in [0.05, 0.1) is 32.4 Å². The minimum Gasteiger partial charge on any atom is -0.490 e. The minimum atomic E-state index is -3.52. The Labute approximate surface area is 205 Å². The number of benzene rings is 2. The zero-order valence-corrected chi connectivity index (χ0v) is 21.5. The van der Waals surface area contributed by atoms with Gasteiger partial charge in [0.15, 0.2) is 19.7 Å². The first kappa shape index (κ1) is 25.4. The van der Waals surface area contributed by atoms with Crippen molar-refractivity contribution < 1.29 is 30.8 Å². The molecule has 1 heterocycles. The summed E-state index contributed by atoms with van der Waals surface area (Å²) in [4.78, 5) is 16.7. The molecule has 8 nitrogen and oxygen atoms in total. The molecule has 2 aromatic carbocycles. The third-order valence-electron chi connectivity index (χ3n) is 6.09. The van der Waals surface area contributed by atoms with Gasteiger partial charge in [0.1, 0.15) is 11.6 Å². The molecule has 0 spiro atoms. The van der Waals surface area contributed by atoms with Gasteiger partial charge in [-0.2, -0.15) is 0 Å². The number of rotatable bonds is 7. The Morgan fingerprint density at radius 1 is 0.971 bits per heavy atom. The lowest BCUT2D eigenvalue weighted by Crippen LogP contribution is -2.49. The van der Waals surface area contributed by atoms with Gasteiger partial charge in [-0.1, -0.05) is 0 Å². The summed E-state index contributed by atoms with van der Waals surface area (Å²) in [6.07, 6.45) is 2.09. The number of anilines is 1. The first-order valence-corrected chi connectivity index (χ1v) is 14.9. The summed E-state index contributed by atoms with van der Waals surface area (Å²) >= 11 is 0. The maximum absolute atomic E-state index is 14.8. The molecule has 4 rings (SSSR count). The van der Waals surface area contributed by atoms with Crippen molar-refractivity contribution in [3.05, 3.63) is 47.8 Å². The van der Waals surface area contributed by atoms with E-state index in [0.29, 0.717) is 31.7 Å². The van der Waals surface area contributed by atoms with Gasteiger partial charge in [-0.15, -0.1) is 0 Å². The SMILES string of the molecule is CC(C)Oc1ccc(S(C)(=O)=O)cc1C(=O)N1CCN(c2ccc(S(=O)(=O)C3CC3)cc2F)CC1. The van der Waals surface area contributed by atoms with Crippen molar-refractivity contribution in [2.24, 2.45) is 0 Å². The van der Waals surface area contributed by atoms with Gasteiger partial charge in [-0.3, -0.25) is 4.79 Å². The smallest absolute Gasteiger partial charge is 0.257 e. The number of halogens is 1. The quantitative estimate of drug-likeness (QED) is 0.549. The molecule has 1 saturated heterocycles. The largest absolute Gasteiger partial charge is 0.490 e. The van der Waals surface area contributed by atoms with E-state index in [1.54, 1.807) is 9.80 Å². The summed E-state index contributed by atoms with van der Waals surface area (Å²) < 4.78 is 69.4. The van der Waals surface area contributed by atoms with Crippen LogP contribution in [-0.2, 0) is 19.7 Å². The van der Waals surface area contributed by atoms with Crippen molar-refractivity contribution >= 4 is 31.3 Å². The fourth-order valence-corrected chi connectivity index (χ4v) is 6.39. The Balaban J connectivity index is 1.50. The van der Waals surface area contributed by atoms with E-state index in [-0.39, 0.29) is 46.1 Å². The Morgan fingerprint density at radius 3 is 2.14 bits per heavy atom. The van der Waals surface area contributed by atoms with E-state index in [2.05, 4.69) is 0 Å². The average Bonchev–Trinajstić information content (AvgIpc) is 3.64. The van der Waals surface area contributed by atoms with E-state index in [0.717, 1.165) is 12.3 Å². The Kier molecular flexibility index (Phi) is 6.85. The molecule has 1 amide bonds. The van der Waals surface area contributed by atoms with Crippen LogP contribution in [-0.4, -0.2) is 71.4 Å². The molecule has 2 aromatic rings. The van der Waals surface area contributed by atoms with Crippen LogP contribution in [0.5, 0.6) is 5.75 Å². The van der Waals surface area contributed by atoms with Gasteiger partial charge in [0.25, 0.3) is 5.91 Å². The van der Waals surface area contributed by atoms with Gasteiger partial charge < -0.3 is 14.5 Å². The number of carbonyl (C=O) groups is 1. The lowest BCUT2D eigenvalue weighted by molar-refractivity contribution is 0.0740. The van der Waals surface area contributed by atoms with E-state index < -0.39 is 30.7 Å². The summed E-state index contributed by atoms with van der Waals surface area (Å²) in [7, 11) is -7.00. The molecular formula is C24H29FN2O6S2. The van der Waals surface area contributed by atoms with Crippen molar-refractivity contribution in [1.82, 2.24) is 4.90 Å². The highest BCUT2D eigenvalue weighted by Crippen LogP contribution is 2.35. The van der Waals surface area contributed by atoms with Crippen LogP contribution in [0.4, 0.5) is 10.1 Å². The molecule has 0 radical (unpaired) electrons. The molecule has 190 valence electrons. The molecule has 2 fully saturated rings. The van der Waals surface area contributed by atoms with Crippen molar-refractivity contribution in [2.75, 3.05) is 37.3 Å². The molecule has 1 aliphatic heterocycles. The molecule has 0 unspecified atom stereocenters. The predicted octanol–water partition coefficient (Wildman–Crippen LogP) is 2.91. The maximum Gasteiger partial charge on any atom is 0.257 e. The number of nitrogens with zero attached hydrogens (tertiary/aromatic N) is 2. The van der Waals surface area contributed by atoms with E-state index in [9.17, 15) is 26.0 Å². The second kappa shape index (κ2) is 9.42. The molecule has 0 bridgehead atoms. The minimum absolute atomic E-state index is 0.00139. The molecule has 11 heteroatoms. The monoisotopic (exact) mass is 524 g/mol. The Morgan fingerprint density at radius 2 is 1.60 bits per heavy atom. The van der Waals surface area contributed by atoms with Crippen molar-refractivity contribution in [1.29, 1.82) is 0 Å². The van der Waals surface area contributed by atoms with Gasteiger partial charge >= 0.3 is 0 Å². The number of amides is 1. The van der Waals surface area contributed by atoms with Crippen molar-refractivity contribution in [3.63, 3.8) is 0 Å². The zero-order valence-electron chi connectivity index (χ0n) is 19.9. The molecule has 35 heavy (non-hydrogen) atoms.